The summed E-state index contributed by atoms with van der Waals surface area (Å²) in [5.74, 6) is 0.564. The molecule has 35 heavy (non-hydrogen) atoms. The summed E-state index contributed by atoms with van der Waals surface area (Å²) in [6.45, 7) is 16.5. The van der Waals surface area contributed by atoms with Crippen molar-refractivity contribution in [2.45, 2.75) is 65.7 Å². The fraction of sp³-hybridized carbons (Fsp3) is 0.355. The number of halogens is 2. The predicted molar refractivity (Wildman–Crippen MR) is 141 cm³/mol. The van der Waals surface area contributed by atoms with Crippen LogP contribution >= 0.6 is 11.3 Å². The van der Waals surface area contributed by atoms with Crippen molar-refractivity contribution >= 4 is 20.2 Å². The summed E-state index contributed by atoms with van der Waals surface area (Å²) in [6.07, 6.45) is 6.13. The Labute approximate surface area is 239 Å². The van der Waals surface area contributed by atoms with E-state index in [0.717, 1.165) is 6.42 Å². The van der Waals surface area contributed by atoms with E-state index in [4.69, 9.17) is 0 Å². The molecule has 0 bridgehead atoms. The van der Waals surface area contributed by atoms with Crippen LogP contribution in [0.5, 0.6) is 0 Å². The van der Waals surface area contributed by atoms with Gasteiger partial charge in [0.25, 0.3) is 0 Å². The summed E-state index contributed by atoms with van der Waals surface area (Å²) in [4.78, 5) is 1.41. The van der Waals surface area contributed by atoms with Crippen molar-refractivity contribution in [3.8, 4) is 11.1 Å². The molecule has 0 saturated carbocycles. The Hall–Kier alpha value is -0.917. The van der Waals surface area contributed by atoms with Gasteiger partial charge in [0.15, 0.2) is 0 Å². The smallest absolute Gasteiger partial charge is 1.00 e. The van der Waals surface area contributed by atoms with E-state index in [1.807, 2.05) is 11.3 Å². The Morgan fingerprint density at radius 3 is 2.23 bits per heavy atom. The van der Waals surface area contributed by atoms with Crippen molar-refractivity contribution in [3.05, 3.63) is 90.4 Å². The zero-order valence-electron chi connectivity index (χ0n) is 21.7. The number of benzene rings is 2. The van der Waals surface area contributed by atoms with Crippen LogP contribution in [0.1, 0.15) is 75.6 Å². The maximum Gasteiger partial charge on any atom is -1.00 e. The van der Waals surface area contributed by atoms with Gasteiger partial charge in [0, 0.05) is 0 Å². The molecule has 2 aromatic carbocycles. The van der Waals surface area contributed by atoms with Crippen LogP contribution in [0, 0.1) is 5.92 Å². The Morgan fingerprint density at radius 2 is 1.60 bits per heavy atom. The van der Waals surface area contributed by atoms with E-state index in [0.29, 0.717) is 5.92 Å². The van der Waals surface area contributed by atoms with Crippen LogP contribution in [0.4, 0.5) is 0 Å². The van der Waals surface area contributed by atoms with Crippen LogP contribution in [0.15, 0.2) is 63.3 Å². The fourth-order valence-electron chi connectivity index (χ4n) is 5.11. The van der Waals surface area contributed by atoms with Crippen molar-refractivity contribution in [3.63, 3.8) is 0 Å². The van der Waals surface area contributed by atoms with Crippen LogP contribution in [0.3, 0.4) is 0 Å². The van der Waals surface area contributed by atoms with E-state index in [-0.39, 0.29) is 35.6 Å². The van der Waals surface area contributed by atoms with Crippen molar-refractivity contribution < 1.29 is 48.0 Å². The number of rotatable bonds is 3. The number of fused-ring (bicyclic) bond motifs is 3. The minimum Gasteiger partial charge on any atom is -1.00 e. The molecule has 0 aliphatic heterocycles. The molecule has 182 valence electrons. The first-order chi connectivity index (χ1) is 15.5. The van der Waals surface area contributed by atoms with Gasteiger partial charge < -0.3 is 24.8 Å². The summed E-state index contributed by atoms with van der Waals surface area (Å²) in [7, 11) is 0. The summed E-state index contributed by atoms with van der Waals surface area (Å²) < 4.78 is 3.45. The molecule has 5 rings (SSSR count). The molecule has 0 radical (unpaired) electrons. The van der Waals surface area contributed by atoms with Crippen molar-refractivity contribution in [2.75, 3.05) is 0 Å². The van der Waals surface area contributed by atoms with Crippen molar-refractivity contribution in [1.29, 1.82) is 0 Å². The Kier molecular flexibility index (Phi) is 8.56. The molecule has 0 fully saturated rings. The molecule has 1 atom stereocenters. The number of hydrogen-bond acceptors (Lipinski definition) is 1. The van der Waals surface area contributed by atoms with E-state index in [9.17, 15) is 0 Å². The van der Waals surface area contributed by atoms with E-state index < -0.39 is 23.2 Å². The largest absolute Gasteiger partial charge is 1.00 e. The molecular formula is C31H34Cl2SZr. The van der Waals surface area contributed by atoms with Crippen LogP contribution in [-0.2, 0) is 40.5 Å². The quantitative estimate of drug-likeness (QED) is 0.339. The third-order valence-electron chi connectivity index (χ3n) is 7.06. The fourth-order valence-corrected chi connectivity index (χ4v) is 10.2. The zero-order chi connectivity index (χ0) is 23.5. The monoisotopic (exact) mass is 598 g/mol. The van der Waals surface area contributed by atoms with E-state index in [2.05, 4.69) is 108 Å². The van der Waals surface area contributed by atoms with Gasteiger partial charge in [-0.15, -0.1) is 0 Å². The zero-order valence-corrected chi connectivity index (χ0v) is 26.5. The molecule has 1 aromatic heterocycles. The average molecular weight is 601 g/mol. The van der Waals surface area contributed by atoms with Gasteiger partial charge in [-0.25, -0.2) is 0 Å². The first-order valence-corrected chi connectivity index (χ1v) is 15.4. The molecule has 0 nitrogen and oxygen atoms in total. The molecule has 0 spiro atoms. The molecule has 1 unspecified atom stereocenters. The Balaban J connectivity index is 0.00000171. The third kappa shape index (κ3) is 5.52. The Bertz CT molecular complexity index is 1280. The molecular weight excluding hydrogens is 567 g/mol. The molecule has 0 saturated heterocycles. The van der Waals surface area contributed by atoms with E-state index in [1.165, 1.54) is 32.7 Å². The standard InChI is InChI=1S/C21H25.C10H9S.2ClH.Zr/c1-20(2,3)16-7-9-18-14(12-16)11-15-13-17(21(4,5)6)8-10-19(15)18;1-8-4-5-9(7-8)10-3-2-6-11-10;;;/h7-10,12H,11H2,1-6H3;2-3,5-8H,1H3;2*1H;/q;;;;+2/p-2. The number of allylic oxidation sites excluding steroid dienone is 4. The SMILES string of the molecule is CC1C=C(c2cccs2)C=[C]1[Zr+2][c]1c(C(C)(C)C)ccc2c1Cc1cc(C(C)(C)C)ccc1-2.[Cl-].[Cl-]. The van der Waals surface area contributed by atoms with E-state index in [1.54, 1.807) is 17.7 Å². The molecule has 0 N–H and O–H groups in total. The number of hydrogen-bond donors (Lipinski definition) is 0. The van der Waals surface area contributed by atoms with Crippen LogP contribution in [-0.4, -0.2) is 0 Å². The second-order valence-electron chi connectivity index (χ2n) is 11.7. The second-order valence-corrected chi connectivity index (χ2v) is 15.9. The predicted octanol–water partition coefficient (Wildman–Crippen LogP) is 2.25. The van der Waals surface area contributed by atoms with Crippen LogP contribution < -0.4 is 28.1 Å². The Morgan fingerprint density at radius 1 is 0.886 bits per heavy atom. The maximum atomic E-state index is 2.54. The summed E-state index contributed by atoms with van der Waals surface area (Å²) in [6, 6.07) is 16.5. The van der Waals surface area contributed by atoms with Gasteiger partial charge in [-0.2, -0.15) is 0 Å². The normalized spacial score (nSPS) is 16.4. The minimum absolute atomic E-state index is 0. The van der Waals surface area contributed by atoms with Gasteiger partial charge in [0.2, 0.25) is 0 Å². The third-order valence-corrected chi connectivity index (χ3v) is 12.2. The molecule has 2 aliphatic carbocycles. The molecule has 0 amide bonds. The first kappa shape index (κ1) is 28.7. The van der Waals surface area contributed by atoms with E-state index >= 15 is 0 Å². The van der Waals surface area contributed by atoms with Gasteiger partial charge in [-0.3, -0.25) is 0 Å². The van der Waals surface area contributed by atoms with Crippen LogP contribution in [0.2, 0.25) is 0 Å². The maximum absolute atomic E-state index is 2.54. The van der Waals surface area contributed by atoms with Gasteiger partial charge in [0.05, 0.1) is 0 Å². The second kappa shape index (κ2) is 10.5. The number of thiophene rings is 1. The van der Waals surface area contributed by atoms with Gasteiger partial charge in [-0.1, -0.05) is 0 Å². The average Bonchev–Trinajstić information content (AvgIpc) is 3.45. The van der Waals surface area contributed by atoms with Crippen molar-refractivity contribution in [1.82, 2.24) is 0 Å². The first-order valence-electron chi connectivity index (χ1n) is 12.1. The molecule has 3 aromatic rings. The van der Waals surface area contributed by atoms with Gasteiger partial charge in [-0.05, 0) is 0 Å². The van der Waals surface area contributed by atoms with Gasteiger partial charge >= 0.3 is 217 Å². The summed E-state index contributed by atoms with van der Waals surface area (Å²) in [5.41, 5.74) is 10.9. The van der Waals surface area contributed by atoms with Crippen LogP contribution in [0.25, 0.3) is 16.7 Å². The molecule has 2 aliphatic rings. The van der Waals surface area contributed by atoms with Crippen molar-refractivity contribution in [2.24, 2.45) is 5.92 Å². The summed E-state index contributed by atoms with van der Waals surface area (Å²) in [5, 5.41) is 2.19. The topological polar surface area (TPSA) is 0 Å². The van der Waals surface area contributed by atoms with Gasteiger partial charge in [0.1, 0.15) is 0 Å². The summed E-state index contributed by atoms with van der Waals surface area (Å²) >= 11 is 0.926. The minimum atomic E-state index is -0.933. The molecule has 1 heterocycles. The molecule has 4 heteroatoms.